The number of aryl methyl sites for hydroxylation is 1. The third-order valence-electron chi connectivity index (χ3n) is 5.23. The molecule has 34 heavy (non-hydrogen) atoms. The molecule has 0 saturated carbocycles. The fourth-order valence-corrected chi connectivity index (χ4v) is 3.99. The molecule has 176 valence electrons. The van der Waals surface area contributed by atoms with Crippen LogP contribution in [0.5, 0.6) is 17.2 Å². The number of nitrogens with one attached hydrogen (secondary N) is 2. The standard InChI is InChI=1S/C23H23N5O5S/c1-12-13(2)24-23(26-21(12)29)28-19(11-15(27-28)18-7-6-8-34-18)25-22(30)14-9-16(31-3)20(33-5)17(10-14)32-4/h6-11H,1-5H3,(H,25,30)(H,24,26,29). The van der Waals surface area contributed by atoms with Crippen molar-refractivity contribution in [1.82, 2.24) is 19.7 Å². The van der Waals surface area contributed by atoms with E-state index in [2.05, 4.69) is 20.4 Å². The van der Waals surface area contributed by atoms with Crippen molar-refractivity contribution in [2.75, 3.05) is 26.6 Å². The molecule has 4 aromatic rings. The van der Waals surface area contributed by atoms with Crippen molar-refractivity contribution in [1.29, 1.82) is 0 Å². The smallest absolute Gasteiger partial charge is 0.257 e. The number of hydrogen-bond acceptors (Lipinski definition) is 8. The number of H-pyrrole nitrogens is 1. The topological polar surface area (TPSA) is 120 Å². The number of rotatable bonds is 7. The van der Waals surface area contributed by atoms with Crippen molar-refractivity contribution in [3.8, 4) is 33.8 Å². The van der Waals surface area contributed by atoms with Gasteiger partial charge in [-0.2, -0.15) is 9.78 Å². The lowest BCUT2D eigenvalue weighted by molar-refractivity contribution is 0.102. The number of amides is 1. The van der Waals surface area contributed by atoms with E-state index in [-0.39, 0.29) is 17.1 Å². The van der Waals surface area contributed by atoms with Gasteiger partial charge < -0.3 is 19.5 Å². The van der Waals surface area contributed by atoms with Gasteiger partial charge in [0.15, 0.2) is 11.5 Å². The third-order valence-corrected chi connectivity index (χ3v) is 6.13. The minimum absolute atomic E-state index is 0.191. The molecule has 11 heteroatoms. The molecule has 0 aliphatic heterocycles. The Kier molecular flexibility index (Phi) is 6.37. The molecule has 0 atom stereocenters. The Morgan fingerprint density at radius 2 is 1.79 bits per heavy atom. The predicted octanol–water partition coefficient (Wildman–Crippen LogP) is 3.58. The van der Waals surface area contributed by atoms with Crippen molar-refractivity contribution in [2.45, 2.75) is 13.8 Å². The van der Waals surface area contributed by atoms with Crippen LogP contribution in [0.25, 0.3) is 16.5 Å². The first kappa shape index (κ1) is 23.1. The average Bonchev–Trinajstić information content (AvgIpc) is 3.51. The second-order valence-corrected chi connectivity index (χ2v) is 8.22. The Morgan fingerprint density at radius 1 is 1.09 bits per heavy atom. The van der Waals surface area contributed by atoms with Crippen LogP contribution in [0.2, 0.25) is 0 Å². The number of methoxy groups -OCH3 is 3. The first-order valence-corrected chi connectivity index (χ1v) is 11.1. The van der Waals surface area contributed by atoms with Crippen LogP contribution in [-0.4, -0.2) is 47.0 Å². The maximum absolute atomic E-state index is 13.2. The summed E-state index contributed by atoms with van der Waals surface area (Å²) in [5.41, 5.74) is 1.70. The molecule has 0 radical (unpaired) electrons. The van der Waals surface area contributed by atoms with E-state index in [1.54, 1.807) is 32.0 Å². The quantitative estimate of drug-likeness (QED) is 0.414. The summed E-state index contributed by atoms with van der Waals surface area (Å²) in [5, 5.41) is 9.37. The van der Waals surface area contributed by atoms with Crippen molar-refractivity contribution in [3.05, 3.63) is 62.9 Å². The van der Waals surface area contributed by atoms with Gasteiger partial charge in [-0.25, -0.2) is 4.98 Å². The molecular formula is C23H23N5O5S. The van der Waals surface area contributed by atoms with E-state index >= 15 is 0 Å². The van der Waals surface area contributed by atoms with Crippen LogP contribution in [0.4, 0.5) is 5.82 Å². The molecule has 0 bridgehead atoms. The minimum atomic E-state index is -0.440. The lowest BCUT2D eigenvalue weighted by Crippen LogP contribution is -2.21. The van der Waals surface area contributed by atoms with Gasteiger partial charge in [-0.15, -0.1) is 11.3 Å². The summed E-state index contributed by atoms with van der Waals surface area (Å²) < 4.78 is 17.4. The summed E-state index contributed by atoms with van der Waals surface area (Å²) in [6.45, 7) is 3.43. The molecule has 0 unspecified atom stereocenters. The van der Waals surface area contributed by atoms with E-state index in [4.69, 9.17) is 14.2 Å². The van der Waals surface area contributed by atoms with Gasteiger partial charge >= 0.3 is 0 Å². The normalized spacial score (nSPS) is 10.7. The van der Waals surface area contributed by atoms with Gasteiger partial charge in [0, 0.05) is 22.9 Å². The number of ether oxygens (including phenoxy) is 3. The van der Waals surface area contributed by atoms with Gasteiger partial charge in [-0.05, 0) is 37.4 Å². The van der Waals surface area contributed by atoms with E-state index in [1.807, 2.05) is 17.5 Å². The Hall–Kier alpha value is -4.12. The Morgan fingerprint density at radius 3 is 2.35 bits per heavy atom. The van der Waals surface area contributed by atoms with Crippen molar-refractivity contribution < 1.29 is 19.0 Å². The zero-order chi connectivity index (χ0) is 24.4. The Balaban J connectivity index is 1.79. The maximum Gasteiger partial charge on any atom is 0.257 e. The van der Waals surface area contributed by atoms with Crippen LogP contribution >= 0.6 is 11.3 Å². The summed E-state index contributed by atoms with van der Waals surface area (Å²) in [4.78, 5) is 33.7. The first-order valence-electron chi connectivity index (χ1n) is 10.2. The van der Waals surface area contributed by atoms with E-state index in [0.717, 1.165) is 4.88 Å². The molecule has 3 aromatic heterocycles. The Labute approximate surface area is 199 Å². The van der Waals surface area contributed by atoms with E-state index in [0.29, 0.717) is 40.0 Å². The number of hydrogen-bond donors (Lipinski definition) is 2. The number of nitrogens with zero attached hydrogens (tertiary/aromatic N) is 3. The number of aromatic nitrogens is 4. The van der Waals surface area contributed by atoms with Crippen LogP contribution < -0.4 is 25.1 Å². The minimum Gasteiger partial charge on any atom is -0.493 e. The number of benzene rings is 1. The van der Waals surface area contributed by atoms with Gasteiger partial charge in [0.1, 0.15) is 11.5 Å². The molecule has 1 amide bonds. The highest BCUT2D eigenvalue weighted by atomic mass is 32.1. The molecule has 10 nitrogen and oxygen atoms in total. The van der Waals surface area contributed by atoms with Crippen LogP contribution in [0.15, 0.2) is 40.5 Å². The zero-order valence-electron chi connectivity index (χ0n) is 19.3. The largest absolute Gasteiger partial charge is 0.493 e. The monoisotopic (exact) mass is 481 g/mol. The Bertz CT molecular complexity index is 1380. The fraction of sp³-hybridized carbons (Fsp3) is 0.217. The van der Waals surface area contributed by atoms with Gasteiger partial charge in [0.2, 0.25) is 11.7 Å². The summed E-state index contributed by atoms with van der Waals surface area (Å²) in [6.07, 6.45) is 0. The summed E-state index contributed by atoms with van der Waals surface area (Å²) >= 11 is 1.50. The lowest BCUT2D eigenvalue weighted by atomic mass is 10.1. The van der Waals surface area contributed by atoms with Crippen LogP contribution in [0, 0.1) is 13.8 Å². The molecule has 0 saturated heterocycles. The van der Waals surface area contributed by atoms with E-state index in [9.17, 15) is 9.59 Å². The van der Waals surface area contributed by atoms with Crippen LogP contribution in [0.3, 0.4) is 0 Å². The molecule has 4 rings (SSSR count). The number of carbonyl (C=O) groups excluding carboxylic acids is 1. The van der Waals surface area contributed by atoms with Crippen molar-refractivity contribution >= 4 is 23.1 Å². The third kappa shape index (κ3) is 4.25. The molecule has 0 spiro atoms. The number of thiophene rings is 1. The molecule has 0 aliphatic rings. The van der Waals surface area contributed by atoms with Crippen LogP contribution in [-0.2, 0) is 0 Å². The van der Waals surface area contributed by atoms with Gasteiger partial charge in [-0.3, -0.25) is 14.6 Å². The lowest BCUT2D eigenvalue weighted by Gasteiger charge is -2.14. The molecule has 0 fully saturated rings. The molecular weight excluding hydrogens is 458 g/mol. The first-order chi connectivity index (χ1) is 16.4. The van der Waals surface area contributed by atoms with Gasteiger partial charge in [-0.1, -0.05) is 6.07 Å². The maximum atomic E-state index is 13.2. The summed E-state index contributed by atoms with van der Waals surface area (Å²) in [7, 11) is 4.44. The van der Waals surface area contributed by atoms with Gasteiger partial charge in [0.05, 0.1) is 26.2 Å². The summed E-state index contributed by atoms with van der Waals surface area (Å²) in [5.74, 6) is 1.15. The highest BCUT2D eigenvalue weighted by Gasteiger charge is 2.21. The second-order valence-electron chi connectivity index (χ2n) is 7.27. The fourth-order valence-electron chi connectivity index (χ4n) is 3.31. The zero-order valence-corrected chi connectivity index (χ0v) is 20.1. The molecule has 0 aliphatic carbocycles. The van der Waals surface area contributed by atoms with Gasteiger partial charge in [0.25, 0.3) is 11.5 Å². The summed E-state index contributed by atoms with van der Waals surface area (Å²) in [6, 6.07) is 8.64. The molecule has 1 aromatic carbocycles. The SMILES string of the molecule is COc1cc(C(=O)Nc2cc(-c3cccs3)nn2-c2nc(C)c(C)c(=O)[nH]2)cc(OC)c1OC. The predicted molar refractivity (Wildman–Crippen MR) is 129 cm³/mol. The number of anilines is 1. The molecule has 2 N–H and O–H groups in total. The van der Waals surface area contributed by atoms with Crippen LogP contribution in [0.1, 0.15) is 21.6 Å². The van der Waals surface area contributed by atoms with E-state index < -0.39 is 5.91 Å². The molecule has 3 heterocycles. The second kappa shape index (κ2) is 9.40. The van der Waals surface area contributed by atoms with Crippen molar-refractivity contribution in [2.24, 2.45) is 0 Å². The average molecular weight is 482 g/mol. The van der Waals surface area contributed by atoms with Crippen molar-refractivity contribution in [3.63, 3.8) is 0 Å². The number of aromatic amines is 1. The highest BCUT2D eigenvalue weighted by Crippen LogP contribution is 2.38. The number of carbonyl (C=O) groups is 1. The van der Waals surface area contributed by atoms with E-state index in [1.165, 1.54) is 37.3 Å². The highest BCUT2D eigenvalue weighted by molar-refractivity contribution is 7.13.